The Balaban J connectivity index is 1.49. The largest absolute Gasteiger partial charge is 0.452 e. The van der Waals surface area contributed by atoms with Crippen molar-refractivity contribution in [3.05, 3.63) is 23.8 Å². The monoisotopic (exact) mass is 359 g/mol. The molecule has 1 saturated carbocycles. The highest BCUT2D eigenvalue weighted by atomic mass is 16.5. The summed E-state index contributed by atoms with van der Waals surface area (Å²) in [5, 5.41) is 12.8. The van der Waals surface area contributed by atoms with E-state index in [9.17, 15) is 14.4 Å². The number of carbonyl (C=O) groups is 3. The number of benzene rings is 1. The maximum absolute atomic E-state index is 12.1. The molecule has 1 aromatic heterocycles. The molecule has 3 rings (SSSR count). The molecule has 138 valence electrons. The smallest absolute Gasteiger partial charge is 0.338 e. The Hall–Kier alpha value is -2.97. The van der Waals surface area contributed by atoms with Gasteiger partial charge >= 0.3 is 12.0 Å². The number of carbonyl (C=O) groups excluding carboxylic acids is 3. The molecule has 1 aliphatic rings. The van der Waals surface area contributed by atoms with Crippen molar-refractivity contribution in [2.24, 2.45) is 0 Å². The van der Waals surface area contributed by atoms with Crippen LogP contribution in [0.15, 0.2) is 18.2 Å². The molecule has 0 bridgehead atoms. The zero-order valence-corrected chi connectivity index (χ0v) is 14.5. The molecule has 0 unspecified atom stereocenters. The van der Waals surface area contributed by atoms with Gasteiger partial charge in [0.1, 0.15) is 5.52 Å². The zero-order chi connectivity index (χ0) is 18.5. The van der Waals surface area contributed by atoms with Crippen LogP contribution in [0.5, 0.6) is 0 Å². The second-order valence-corrected chi connectivity index (χ2v) is 6.19. The molecule has 26 heavy (non-hydrogen) atoms. The first kappa shape index (κ1) is 17.8. The lowest BCUT2D eigenvalue weighted by molar-refractivity contribution is -0.123. The molecule has 1 heterocycles. The van der Waals surface area contributed by atoms with Gasteiger partial charge in [0.15, 0.2) is 6.61 Å². The Morgan fingerprint density at radius 1 is 1.27 bits per heavy atom. The molecule has 0 aliphatic heterocycles. The predicted molar refractivity (Wildman–Crippen MR) is 92.4 cm³/mol. The van der Waals surface area contributed by atoms with Crippen molar-refractivity contribution in [2.75, 3.05) is 6.61 Å². The summed E-state index contributed by atoms with van der Waals surface area (Å²) in [6, 6.07) is 4.42. The second kappa shape index (κ2) is 7.94. The van der Waals surface area contributed by atoms with E-state index < -0.39 is 24.5 Å². The van der Waals surface area contributed by atoms with Crippen LogP contribution in [0.25, 0.3) is 11.0 Å². The normalized spacial score (nSPS) is 14.3. The minimum atomic E-state index is -0.674. The Morgan fingerprint density at radius 2 is 2.04 bits per heavy atom. The fourth-order valence-electron chi connectivity index (χ4n) is 3.00. The molecule has 9 heteroatoms. The Bertz CT molecular complexity index is 826. The van der Waals surface area contributed by atoms with Gasteiger partial charge in [-0.3, -0.25) is 10.1 Å². The quantitative estimate of drug-likeness (QED) is 0.779. The Labute approximate surface area is 150 Å². The third kappa shape index (κ3) is 4.16. The molecule has 0 radical (unpaired) electrons. The lowest BCUT2D eigenvalue weighted by Gasteiger charge is -2.12. The molecule has 9 nitrogen and oxygen atoms in total. The van der Waals surface area contributed by atoms with E-state index in [0.717, 1.165) is 31.2 Å². The third-order valence-corrected chi connectivity index (χ3v) is 4.33. The van der Waals surface area contributed by atoms with Crippen molar-refractivity contribution in [3.8, 4) is 0 Å². The van der Waals surface area contributed by atoms with Crippen molar-refractivity contribution in [3.63, 3.8) is 0 Å². The fourth-order valence-corrected chi connectivity index (χ4v) is 3.00. The van der Waals surface area contributed by atoms with E-state index in [4.69, 9.17) is 4.74 Å². The van der Waals surface area contributed by atoms with Crippen LogP contribution in [-0.4, -0.2) is 45.6 Å². The average molecular weight is 359 g/mol. The SMILES string of the molecule is CCn1nnc2cc(C(=O)OCC(=O)NC(=O)NC3CCCC3)ccc21. The van der Waals surface area contributed by atoms with E-state index in [1.54, 1.807) is 22.9 Å². The van der Waals surface area contributed by atoms with Gasteiger partial charge in [-0.05, 0) is 38.0 Å². The van der Waals surface area contributed by atoms with Crippen molar-refractivity contribution < 1.29 is 19.1 Å². The number of hydrogen-bond donors (Lipinski definition) is 2. The van der Waals surface area contributed by atoms with E-state index in [2.05, 4.69) is 20.9 Å². The molecule has 1 fully saturated rings. The van der Waals surface area contributed by atoms with Gasteiger partial charge in [-0.25, -0.2) is 14.3 Å². The minimum absolute atomic E-state index is 0.105. The number of fused-ring (bicyclic) bond motifs is 1. The molecular weight excluding hydrogens is 338 g/mol. The number of ether oxygens (including phenoxy) is 1. The zero-order valence-electron chi connectivity index (χ0n) is 14.5. The summed E-state index contributed by atoms with van der Waals surface area (Å²) >= 11 is 0. The van der Waals surface area contributed by atoms with Crippen LogP contribution in [0.1, 0.15) is 43.0 Å². The number of nitrogens with one attached hydrogen (secondary N) is 2. The number of aryl methyl sites for hydroxylation is 1. The maximum atomic E-state index is 12.1. The summed E-state index contributed by atoms with van der Waals surface area (Å²) in [5.41, 5.74) is 1.65. The van der Waals surface area contributed by atoms with Gasteiger partial charge in [-0.2, -0.15) is 0 Å². The molecule has 2 aromatic rings. The van der Waals surface area contributed by atoms with Gasteiger partial charge in [0.05, 0.1) is 11.1 Å². The number of urea groups is 1. The van der Waals surface area contributed by atoms with Crippen LogP contribution >= 0.6 is 0 Å². The maximum Gasteiger partial charge on any atom is 0.338 e. The first-order valence-corrected chi connectivity index (χ1v) is 8.67. The highest BCUT2D eigenvalue weighted by Crippen LogP contribution is 2.17. The van der Waals surface area contributed by atoms with Crippen LogP contribution in [-0.2, 0) is 16.1 Å². The fraction of sp³-hybridized carbons (Fsp3) is 0.471. The second-order valence-electron chi connectivity index (χ2n) is 6.19. The van der Waals surface area contributed by atoms with E-state index in [1.807, 2.05) is 6.92 Å². The number of imide groups is 1. The topological polar surface area (TPSA) is 115 Å². The first-order chi connectivity index (χ1) is 12.6. The van der Waals surface area contributed by atoms with Crippen LogP contribution < -0.4 is 10.6 Å². The molecule has 0 saturated heterocycles. The molecule has 1 aromatic carbocycles. The molecule has 2 N–H and O–H groups in total. The summed E-state index contributed by atoms with van der Waals surface area (Å²) in [6.07, 6.45) is 3.99. The summed E-state index contributed by atoms with van der Waals surface area (Å²) in [4.78, 5) is 35.5. The van der Waals surface area contributed by atoms with Gasteiger partial charge < -0.3 is 10.1 Å². The van der Waals surface area contributed by atoms with Crippen LogP contribution in [0.3, 0.4) is 0 Å². The van der Waals surface area contributed by atoms with Crippen molar-refractivity contribution >= 4 is 28.9 Å². The van der Waals surface area contributed by atoms with Gasteiger partial charge in [0.2, 0.25) is 0 Å². The van der Waals surface area contributed by atoms with E-state index in [0.29, 0.717) is 12.1 Å². The van der Waals surface area contributed by atoms with E-state index >= 15 is 0 Å². The highest BCUT2D eigenvalue weighted by molar-refractivity contribution is 5.98. The van der Waals surface area contributed by atoms with Gasteiger partial charge in [-0.15, -0.1) is 5.10 Å². The Kier molecular flexibility index (Phi) is 5.45. The summed E-state index contributed by atoms with van der Waals surface area (Å²) in [7, 11) is 0. The van der Waals surface area contributed by atoms with Gasteiger partial charge in [0, 0.05) is 12.6 Å². The first-order valence-electron chi connectivity index (χ1n) is 8.67. The van der Waals surface area contributed by atoms with E-state index in [-0.39, 0.29) is 11.6 Å². The lowest BCUT2D eigenvalue weighted by atomic mass is 10.2. The summed E-state index contributed by atoms with van der Waals surface area (Å²) in [6.45, 7) is 2.08. The number of esters is 1. The minimum Gasteiger partial charge on any atom is -0.452 e. The molecule has 0 spiro atoms. The average Bonchev–Trinajstić information content (AvgIpc) is 3.28. The molecule has 3 amide bonds. The molecule has 1 aliphatic carbocycles. The standard InChI is InChI=1S/C17H21N5O4/c1-2-22-14-8-7-11(9-13(14)20-21-22)16(24)26-10-15(23)19-17(25)18-12-5-3-4-6-12/h7-9,12H,2-6,10H2,1H3,(H2,18,19,23,25). The highest BCUT2D eigenvalue weighted by Gasteiger charge is 2.19. The van der Waals surface area contributed by atoms with Crippen LogP contribution in [0.2, 0.25) is 0 Å². The third-order valence-electron chi connectivity index (χ3n) is 4.33. The van der Waals surface area contributed by atoms with Crippen molar-refractivity contribution in [1.29, 1.82) is 0 Å². The number of nitrogens with zero attached hydrogens (tertiary/aromatic N) is 3. The predicted octanol–water partition coefficient (Wildman–Crippen LogP) is 1.38. The number of aromatic nitrogens is 3. The molecule has 0 atom stereocenters. The molecular formula is C17H21N5O4. The van der Waals surface area contributed by atoms with E-state index in [1.165, 1.54) is 0 Å². The lowest BCUT2D eigenvalue weighted by Crippen LogP contribution is -2.44. The van der Waals surface area contributed by atoms with Gasteiger partial charge in [-0.1, -0.05) is 18.1 Å². The number of hydrogen-bond acceptors (Lipinski definition) is 6. The summed E-state index contributed by atoms with van der Waals surface area (Å²) < 4.78 is 6.67. The van der Waals surface area contributed by atoms with Crippen molar-refractivity contribution in [1.82, 2.24) is 25.6 Å². The number of rotatable bonds is 5. The van der Waals surface area contributed by atoms with Crippen LogP contribution in [0.4, 0.5) is 4.79 Å². The Morgan fingerprint density at radius 3 is 2.77 bits per heavy atom. The van der Waals surface area contributed by atoms with Crippen LogP contribution in [0, 0.1) is 0 Å². The van der Waals surface area contributed by atoms with Crippen molar-refractivity contribution in [2.45, 2.75) is 45.2 Å². The number of amides is 3. The van der Waals surface area contributed by atoms with Gasteiger partial charge in [0.25, 0.3) is 5.91 Å². The summed E-state index contributed by atoms with van der Waals surface area (Å²) in [5.74, 6) is -1.34.